The molecule has 0 radical (unpaired) electrons. The van der Waals surface area contributed by atoms with Crippen molar-refractivity contribution in [2.45, 2.75) is 19.6 Å². The fraction of sp³-hybridized carbons (Fsp3) is 0.364. The van der Waals surface area contributed by atoms with Gasteiger partial charge in [0.05, 0.1) is 18.8 Å². The number of fused-ring (bicyclic) bond motifs is 1. The number of ether oxygens (including phenoxy) is 1. The summed E-state index contributed by atoms with van der Waals surface area (Å²) in [4.78, 5) is 18.6. The van der Waals surface area contributed by atoms with Gasteiger partial charge in [0.25, 0.3) is 11.6 Å². The topological polar surface area (TPSA) is 87.2 Å². The van der Waals surface area contributed by atoms with E-state index in [1.54, 1.807) is 6.92 Å². The summed E-state index contributed by atoms with van der Waals surface area (Å²) in [5.41, 5.74) is 1.65. The third kappa shape index (κ3) is 3.02. The molecule has 0 aliphatic carbocycles. The maximum atomic E-state index is 12.7. The minimum absolute atomic E-state index is 0.00683. The largest absolute Gasteiger partial charge is 0.478 e. The van der Waals surface area contributed by atoms with E-state index in [1.165, 1.54) is 11.6 Å². The molecule has 3 aromatic rings. The standard InChI is InChI=1S/C11H9F3N6O2S/c1-2-22-7-3-6(4-19-10(21)23-5-15-19)16-9-17-8(11(12,13)14)18-20(7)9/h3,5H,2,4H2,1H3. The molecular formula is C11H9F3N6O2S. The van der Waals surface area contributed by atoms with E-state index < -0.39 is 12.0 Å². The first-order chi connectivity index (χ1) is 10.9. The lowest BCUT2D eigenvalue weighted by atomic mass is 10.4. The third-order valence-corrected chi connectivity index (χ3v) is 3.35. The Morgan fingerprint density at radius 2 is 2.13 bits per heavy atom. The summed E-state index contributed by atoms with van der Waals surface area (Å²) in [7, 11) is 0. The van der Waals surface area contributed by atoms with E-state index in [1.807, 2.05) is 0 Å². The highest BCUT2D eigenvalue weighted by molar-refractivity contribution is 7.06. The summed E-state index contributed by atoms with van der Waals surface area (Å²) in [6.45, 7) is 1.89. The Balaban J connectivity index is 2.09. The SMILES string of the molecule is CCOc1cc(Cn2ncsc2=O)nc2nc(C(F)(F)F)nn12. The average molecular weight is 346 g/mol. The zero-order valence-corrected chi connectivity index (χ0v) is 12.4. The molecule has 3 heterocycles. The van der Waals surface area contributed by atoms with Crippen molar-refractivity contribution in [3.63, 3.8) is 0 Å². The molecule has 0 amide bonds. The maximum Gasteiger partial charge on any atom is 0.453 e. The van der Waals surface area contributed by atoms with Crippen LogP contribution in [0.5, 0.6) is 5.88 Å². The Hall–Kier alpha value is -2.50. The van der Waals surface area contributed by atoms with Crippen LogP contribution >= 0.6 is 11.3 Å². The van der Waals surface area contributed by atoms with Crippen molar-refractivity contribution in [2.75, 3.05) is 6.61 Å². The van der Waals surface area contributed by atoms with E-state index >= 15 is 0 Å². The van der Waals surface area contributed by atoms with Gasteiger partial charge in [-0.25, -0.2) is 9.67 Å². The number of hydrogen-bond donors (Lipinski definition) is 0. The van der Waals surface area contributed by atoms with Crippen LogP contribution in [0.25, 0.3) is 5.78 Å². The number of nitrogens with zero attached hydrogens (tertiary/aromatic N) is 6. The van der Waals surface area contributed by atoms with Crippen LogP contribution in [0.1, 0.15) is 18.4 Å². The minimum atomic E-state index is -4.69. The van der Waals surface area contributed by atoms with Crippen molar-refractivity contribution in [1.82, 2.24) is 29.4 Å². The zero-order valence-electron chi connectivity index (χ0n) is 11.6. The lowest BCUT2D eigenvalue weighted by Gasteiger charge is -2.07. The molecule has 0 aliphatic rings. The van der Waals surface area contributed by atoms with Crippen molar-refractivity contribution in [1.29, 1.82) is 0 Å². The van der Waals surface area contributed by atoms with Crippen molar-refractivity contribution < 1.29 is 17.9 Å². The molecule has 0 bridgehead atoms. The fourth-order valence-electron chi connectivity index (χ4n) is 1.83. The summed E-state index contributed by atoms with van der Waals surface area (Å²) < 4.78 is 45.5. The second-order valence-electron chi connectivity index (χ2n) is 4.33. The van der Waals surface area contributed by atoms with Crippen LogP contribution in [0.2, 0.25) is 0 Å². The van der Waals surface area contributed by atoms with E-state index in [2.05, 4.69) is 20.2 Å². The molecular weight excluding hydrogens is 337 g/mol. The highest BCUT2D eigenvalue weighted by Gasteiger charge is 2.37. The van der Waals surface area contributed by atoms with Gasteiger partial charge in [-0.1, -0.05) is 11.3 Å². The normalized spacial score (nSPS) is 12.0. The molecule has 0 saturated carbocycles. The van der Waals surface area contributed by atoms with E-state index in [-0.39, 0.29) is 35.4 Å². The van der Waals surface area contributed by atoms with Gasteiger partial charge in [-0.2, -0.15) is 27.8 Å². The Morgan fingerprint density at radius 1 is 1.35 bits per heavy atom. The molecule has 0 atom stereocenters. The van der Waals surface area contributed by atoms with E-state index in [0.29, 0.717) is 0 Å². The molecule has 0 unspecified atom stereocenters. The number of rotatable bonds is 4. The molecule has 0 aliphatic heterocycles. The van der Waals surface area contributed by atoms with Crippen molar-refractivity contribution in [3.05, 3.63) is 32.8 Å². The van der Waals surface area contributed by atoms with Crippen molar-refractivity contribution in [2.24, 2.45) is 0 Å². The smallest absolute Gasteiger partial charge is 0.453 e. The van der Waals surface area contributed by atoms with Crippen LogP contribution in [0, 0.1) is 0 Å². The van der Waals surface area contributed by atoms with E-state index in [4.69, 9.17) is 4.74 Å². The average Bonchev–Trinajstić information content (AvgIpc) is 3.06. The Bertz CT molecular complexity index is 899. The first-order valence-electron chi connectivity index (χ1n) is 6.35. The Morgan fingerprint density at radius 3 is 2.74 bits per heavy atom. The second-order valence-corrected chi connectivity index (χ2v) is 5.12. The van der Waals surface area contributed by atoms with E-state index in [0.717, 1.165) is 20.5 Å². The highest BCUT2D eigenvalue weighted by atomic mass is 32.1. The lowest BCUT2D eigenvalue weighted by Crippen LogP contribution is -2.17. The zero-order chi connectivity index (χ0) is 16.6. The quantitative estimate of drug-likeness (QED) is 0.706. The molecule has 0 fully saturated rings. The predicted molar refractivity (Wildman–Crippen MR) is 72.4 cm³/mol. The molecule has 0 N–H and O–H groups in total. The minimum Gasteiger partial charge on any atom is -0.478 e. The van der Waals surface area contributed by atoms with Gasteiger partial charge in [-0.3, -0.25) is 4.79 Å². The van der Waals surface area contributed by atoms with Crippen LogP contribution in [0.15, 0.2) is 16.4 Å². The summed E-state index contributed by atoms with van der Waals surface area (Å²) in [5.74, 6) is -1.52. The third-order valence-electron chi connectivity index (χ3n) is 2.74. The number of aromatic nitrogens is 6. The molecule has 0 spiro atoms. The van der Waals surface area contributed by atoms with Gasteiger partial charge in [-0.05, 0) is 6.92 Å². The monoisotopic (exact) mass is 346 g/mol. The molecule has 0 saturated heterocycles. The maximum absolute atomic E-state index is 12.7. The van der Waals surface area contributed by atoms with Crippen LogP contribution < -0.4 is 9.61 Å². The van der Waals surface area contributed by atoms with Crippen molar-refractivity contribution in [3.8, 4) is 5.88 Å². The van der Waals surface area contributed by atoms with E-state index in [9.17, 15) is 18.0 Å². The van der Waals surface area contributed by atoms with Gasteiger partial charge in [0, 0.05) is 6.07 Å². The molecule has 12 heteroatoms. The second kappa shape index (κ2) is 5.61. The first kappa shape index (κ1) is 15.4. The summed E-state index contributed by atoms with van der Waals surface area (Å²) in [5, 5.41) is 7.20. The molecule has 122 valence electrons. The van der Waals surface area contributed by atoms with Gasteiger partial charge in [0.15, 0.2) is 0 Å². The van der Waals surface area contributed by atoms with Crippen LogP contribution in [-0.2, 0) is 12.7 Å². The molecule has 23 heavy (non-hydrogen) atoms. The number of alkyl halides is 3. The van der Waals surface area contributed by atoms with Crippen molar-refractivity contribution >= 4 is 17.1 Å². The Labute approximate surface area is 130 Å². The lowest BCUT2D eigenvalue weighted by molar-refractivity contribution is -0.144. The Kier molecular flexibility index (Phi) is 3.75. The number of halogens is 3. The van der Waals surface area contributed by atoms with Crippen LogP contribution in [0.3, 0.4) is 0 Å². The number of hydrogen-bond acceptors (Lipinski definition) is 7. The van der Waals surface area contributed by atoms with Crippen LogP contribution in [-0.4, -0.2) is 36.0 Å². The van der Waals surface area contributed by atoms with Gasteiger partial charge in [-0.15, -0.1) is 5.10 Å². The molecule has 3 rings (SSSR count). The van der Waals surface area contributed by atoms with Gasteiger partial charge in [0.1, 0.15) is 5.51 Å². The van der Waals surface area contributed by atoms with Gasteiger partial charge >= 0.3 is 11.0 Å². The summed E-state index contributed by atoms with van der Waals surface area (Å²) in [6, 6.07) is 1.40. The van der Waals surface area contributed by atoms with Crippen LogP contribution in [0.4, 0.5) is 13.2 Å². The van der Waals surface area contributed by atoms with Gasteiger partial charge < -0.3 is 4.74 Å². The predicted octanol–water partition coefficient (Wildman–Crippen LogP) is 1.21. The highest BCUT2D eigenvalue weighted by Crippen LogP contribution is 2.27. The summed E-state index contributed by atoms with van der Waals surface area (Å²) in [6.07, 6.45) is -4.69. The first-order valence-corrected chi connectivity index (χ1v) is 7.23. The molecule has 3 aromatic heterocycles. The molecule has 8 nitrogen and oxygen atoms in total. The van der Waals surface area contributed by atoms with Gasteiger partial charge in [0.2, 0.25) is 5.88 Å². The molecule has 0 aromatic carbocycles. The summed E-state index contributed by atoms with van der Waals surface area (Å²) >= 11 is 0.905. The fourth-order valence-corrected chi connectivity index (χ4v) is 2.32.